The van der Waals surface area contributed by atoms with E-state index >= 15 is 0 Å². The fourth-order valence-corrected chi connectivity index (χ4v) is 4.02. The summed E-state index contributed by atoms with van der Waals surface area (Å²) < 4.78 is 27.4. The van der Waals surface area contributed by atoms with Gasteiger partial charge in [0, 0.05) is 22.8 Å². The lowest BCUT2D eigenvalue weighted by Crippen LogP contribution is -2.08. The van der Waals surface area contributed by atoms with E-state index in [1.165, 1.54) is 0 Å². The fraction of sp³-hybridized carbons (Fsp3) is 0.235. The molecule has 0 atom stereocenters. The summed E-state index contributed by atoms with van der Waals surface area (Å²) in [7, 11) is 0. The van der Waals surface area contributed by atoms with Crippen molar-refractivity contribution in [3.63, 3.8) is 0 Å². The first-order valence-electron chi connectivity index (χ1n) is 14.0. The predicted molar refractivity (Wildman–Crippen MR) is 171 cm³/mol. The maximum absolute atomic E-state index is 12.6. The van der Waals surface area contributed by atoms with Crippen LogP contribution < -0.4 is 14.2 Å². The molecule has 0 heterocycles. The van der Waals surface area contributed by atoms with Crippen LogP contribution in [0.5, 0.6) is 17.2 Å². The highest BCUT2D eigenvalue weighted by molar-refractivity contribution is 9.10. The molecular weight excluding hydrogens is 630 g/mol. The Balaban J connectivity index is 1.41. The van der Waals surface area contributed by atoms with Gasteiger partial charge in [0.25, 0.3) is 0 Å². The lowest BCUT2D eigenvalue weighted by molar-refractivity contribution is -0.138. The van der Waals surface area contributed by atoms with Gasteiger partial charge in [-0.1, -0.05) is 13.2 Å². The van der Waals surface area contributed by atoms with E-state index < -0.39 is 17.9 Å². The van der Waals surface area contributed by atoms with E-state index in [-0.39, 0.29) is 0 Å². The van der Waals surface area contributed by atoms with Crippen LogP contribution in [-0.2, 0) is 19.1 Å². The summed E-state index contributed by atoms with van der Waals surface area (Å²) in [4.78, 5) is 39.2. The summed E-state index contributed by atoms with van der Waals surface area (Å²) in [5, 5.41) is 0. The molecule has 0 aromatic heterocycles. The number of nitrogens with zero attached hydrogens (tertiary/aromatic N) is 1. The van der Waals surface area contributed by atoms with E-state index in [9.17, 15) is 14.4 Å². The van der Waals surface area contributed by atoms with Gasteiger partial charge in [0.15, 0.2) is 0 Å². The zero-order valence-corrected chi connectivity index (χ0v) is 25.8. The van der Waals surface area contributed by atoms with E-state index in [1.54, 1.807) is 48.7 Å². The van der Waals surface area contributed by atoms with Gasteiger partial charge in [0.2, 0.25) is 0 Å². The highest BCUT2D eigenvalue weighted by Crippen LogP contribution is 2.30. The van der Waals surface area contributed by atoms with Gasteiger partial charge in [-0.3, -0.25) is 4.99 Å². The number of carbonyl (C=O) groups is 3. The molecule has 0 aliphatic heterocycles. The molecule has 10 heteroatoms. The first-order valence-corrected chi connectivity index (χ1v) is 14.8. The summed E-state index contributed by atoms with van der Waals surface area (Å²) in [5.41, 5.74) is 1.94. The lowest BCUT2D eigenvalue weighted by Gasteiger charge is -2.08. The van der Waals surface area contributed by atoms with E-state index in [0.29, 0.717) is 72.9 Å². The van der Waals surface area contributed by atoms with E-state index in [4.69, 9.17) is 23.7 Å². The van der Waals surface area contributed by atoms with Crippen molar-refractivity contribution >= 4 is 45.7 Å². The molecule has 0 saturated carbocycles. The number of unbranched alkanes of at least 4 members (excludes halogenated alkanes) is 2. The third-order valence-electron chi connectivity index (χ3n) is 5.89. The molecule has 0 saturated heterocycles. The largest absolute Gasteiger partial charge is 0.494 e. The van der Waals surface area contributed by atoms with Gasteiger partial charge in [-0.05, 0) is 114 Å². The summed E-state index contributed by atoms with van der Waals surface area (Å²) in [6.07, 6.45) is 6.86. The molecule has 0 spiro atoms. The molecule has 0 bridgehead atoms. The van der Waals surface area contributed by atoms with Crippen molar-refractivity contribution in [3.05, 3.63) is 108 Å². The number of halogens is 1. The van der Waals surface area contributed by atoms with Crippen LogP contribution in [0.1, 0.15) is 41.6 Å². The predicted octanol–water partition coefficient (Wildman–Crippen LogP) is 7.20. The van der Waals surface area contributed by atoms with E-state index in [1.807, 2.05) is 24.3 Å². The Bertz CT molecular complexity index is 1430. The Morgan fingerprint density at radius 2 is 1.18 bits per heavy atom. The minimum atomic E-state index is -0.498. The third-order valence-corrected chi connectivity index (χ3v) is 6.52. The van der Waals surface area contributed by atoms with E-state index in [0.717, 1.165) is 29.9 Å². The average Bonchev–Trinajstić information content (AvgIpc) is 3.04. The van der Waals surface area contributed by atoms with Crippen LogP contribution in [-0.4, -0.2) is 50.6 Å². The number of benzene rings is 3. The molecule has 0 aliphatic carbocycles. The summed E-state index contributed by atoms with van der Waals surface area (Å²) >= 11 is 3.49. The van der Waals surface area contributed by atoms with Gasteiger partial charge in [0.05, 0.1) is 37.7 Å². The Hall–Kier alpha value is -4.70. The van der Waals surface area contributed by atoms with Crippen LogP contribution in [0, 0.1) is 0 Å². The molecule has 3 aromatic rings. The van der Waals surface area contributed by atoms with Gasteiger partial charge >= 0.3 is 17.9 Å². The number of aliphatic imine (C=N–C) groups is 1. The topological polar surface area (TPSA) is 110 Å². The minimum absolute atomic E-state index is 0.314. The van der Waals surface area contributed by atoms with E-state index in [2.05, 4.69) is 34.1 Å². The standard InChI is InChI=1S/C34H34BrNO8/c1-3-32(37)42-21-7-5-19-40-27-13-9-25(10-14-27)24-36-31-18-17-29(23-30(31)35)44-34(39)26-11-15-28(16-12-26)41-20-6-8-22-43-33(38)4-2/h3-4,9-18,23-24H,1-2,5-8,19-22H2/b36-24+. The molecule has 0 unspecified atom stereocenters. The number of hydrogen-bond acceptors (Lipinski definition) is 9. The van der Waals surface area contributed by atoms with Gasteiger partial charge < -0.3 is 23.7 Å². The van der Waals surface area contributed by atoms with Crippen LogP contribution in [0.4, 0.5) is 5.69 Å². The second kappa shape index (κ2) is 18.8. The average molecular weight is 665 g/mol. The van der Waals surface area contributed by atoms with Gasteiger partial charge in [-0.2, -0.15) is 0 Å². The molecule has 3 aromatic carbocycles. The number of rotatable bonds is 18. The summed E-state index contributed by atoms with van der Waals surface area (Å²) in [6, 6.07) is 19.3. The number of esters is 3. The fourth-order valence-electron chi connectivity index (χ4n) is 3.55. The molecule has 3 rings (SSSR count). The highest BCUT2D eigenvalue weighted by atomic mass is 79.9. The van der Waals surface area contributed by atoms with Crippen molar-refractivity contribution in [2.24, 2.45) is 4.99 Å². The van der Waals surface area contributed by atoms with Crippen molar-refractivity contribution in [1.29, 1.82) is 0 Å². The quantitative estimate of drug-likeness (QED) is 0.0462. The number of hydrogen-bond donors (Lipinski definition) is 0. The Morgan fingerprint density at radius 1 is 0.682 bits per heavy atom. The van der Waals surface area contributed by atoms with Crippen molar-refractivity contribution in [1.82, 2.24) is 0 Å². The molecule has 44 heavy (non-hydrogen) atoms. The second-order valence-corrected chi connectivity index (χ2v) is 10.1. The molecule has 230 valence electrons. The molecule has 0 fully saturated rings. The maximum Gasteiger partial charge on any atom is 0.343 e. The molecular formula is C34H34BrNO8. The summed E-state index contributed by atoms with van der Waals surface area (Å²) in [6.45, 7) is 8.33. The smallest absolute Gasteiger partial charge is 0.343 e. The van der Waals surface area contributed by atoms with Gasteiger partial charge in [-0.25, -0.2) is 14.4 Å². The number of carbonyl (C=O) groups excluding carboxylic acids is 3. The second-order valence-electron chi connectivity index (χ2n) is 9.21. The van der Waals surface area contributed by atoms with Crippen LogP contribution in [0.25, 0.3) is 0 Å². The lowest BCUT2D eigenvalue weighted by atomic mass is 10.2. The molecule has 0 amide bonds. The van der Waals surface area contributed by atoms with Crippen molar-refractivity contribution in [3.8, 4) is 17.2 Å². The van der Waals surface area contributed by atoms with Crippen molar-refractivity contribution in [2.75, 3.05) is 26.4 Å². The molecule has 0 aliphatic rings. The van der Waals surface area contributed by atoms with Crippen molar-refractivity contribution in [2.45, 2.75) is 25.7 Å². The highest BCUT2D eigenvalue weighted by Gasteiger charge is 2.10. The molecule has 0 radical (unpaired) electrons. The first kappa shape index (κ1) is 33.8. The zero-order valence-electron chi connectivity index (χ0n) is 24.2. The van der Waals surface area contributed by atoms with Crippen LogP contribution in [0.2, 0.25) is 0 Å². The minimum Gasteiger partial charge on any atom is -0.494 e. The van der Waals surface area contributed by atoms with Gasteiger partial charge in [0.1, 0.15) is 17.2 Å². The Kier molecular flexibility index (Phi) is 14.4. The molecule has 0 N–H and O–H groups in total. The maximum atomic E-state index is 12.6. The summed E-state index contributed by atoms with van der Waals surface area (Å²) in [5.74, 6) is 0.376. The normalized spacial score (nSPS) is 10.6. The van der Waals surface area contributed by atoms with Crippen LogP contribution in [0.15, 0.2) is 102 Å². The van der Waals surface area contributed by atoms with Crippen molar-refractivity contribution < 1.29 is 38.1 Å². The number of ether oxygens (including phenoxy) is 5. The Labute approximate surface area is 265 Å². The van der Waals surface area contributed by atoms with Crippen LogP contribution >= 0.6 is 15.9 Å². The monoisotopic (exact) mass is 663 g/mol. The molecule has 9 nitrogen and oxygen atoms in total. The zero-order chi connectivity index (χ0) is 31.6. The van der Waals surface area contributed by atoms with Gasteiger partial charge in [-0.15, -0.1) is 0 Å². The first-order chi connectivity index (χ1) is 21.4. The third kappa shape index (κ3) is 12.3. The SMILES string of the molecule is C=CC(=O)OCCCCOc1ccc(/C=N/c2ccc(OC(=O)c3ccc(OCCCCOC(=O)C=C)cc3)cc2Br)cc1. The van der Waals surface area contributed by atoms with Crippen LogP contribution in [0.3, 0.4) is 0 Å². The Morgan fingerprint density at radius 3 is 1.70 bits per heavy atom.